The molecule has 0 bridgehead atoms. The third-order valence-corrected chi connectivity index (χ3v) is 3.30. The lowest BCUT2D eigenvalue weighted by Crippen LogP contribution is -2.13. The molecule has 2 aromatic heterocycles. The summed E-state index contributed by atoms with van der Waals surface area (Å²) >= 11 is 0. The van der Waals surface area contributed by atoms with Gasteiger partial charge in [0.1, 0.15) is 11.6 Å². The molecule has 0 fully saturated rings. The molecule has 0 aliphatic heterocycles. The van der Waals surface area contributed by atoms with E-state index in [4.69, 9.17) is 0 Å². The Morgan fingerprint density at radius 3 is 2.50 bits per heavy atom. The molecule has 0 aliphatic rings. The molecule has 0 saturated carbocycles. The van der Waals surface area contributed by atoms with Crippen LogP contribution in [0.25, 0.3) is 10.9 Å². The molecule has 20 heavy (non-hydrogen) atoms. The Bertz CT molecular complexity index is 750. The van der Waals surface area contributed by atoms with E-state index in [0.29, 0.717) is 0 Å². The number of anilines is 2. The number of pyridine rings is 1. The number of nitrogens with zero attached hydrogens (tertiary/aromatic N) is 4. The first-order valence-corrected chi connectivity index (χ1v) is 6.55. The van der Waals surface area contributed by atoms with Gasteiger partial charge in [-0.05, 0) is 38.1 Å². The molecule has 0 saturated heterocycles. The van der Waals surface area contributed by atoms with Crippen LogP contribution in [0.3, 0.4) is 0 Å². The molecule has 3 aromatic rings. The lowest BCUT2D eigenvalue weighted by molar-refractivity contribution is 1.04. The molecule has 0 spiro atoms. The van der Waals surface area contributed by atoms with Crippen molar-refractivity contribution >= 4 is 22.4 Å². The van der Waals surface area contributed by atoms with Gasteiger partial charge in [-0.25, -0.2) is 9.97 Å². The van der Waals surface area contributed by atoms with E-state index in [1.807, 2.05) is 62.3 Å². The molecule has 3 rings (SSSR count). The second-order valence-electron chi connectivity index (χ2n) is 4.83. The predicted molar refractivity (Wildman–Crippen MR) is 81.3 cm³/mol. The Balaban J connectivity index is 2.15. The lowest BCUT2D eigenvalue weighted by Gasteiger charge is -2.20. The molecule has 0 unspecified atom stereocenters. The standard InChI is InChI=1S/C16H16N4/c1-11-8-9-13(10-17-11)20(3)16-14-6-4-5-7-15(14)18-12(2)19-16/h4-10H,1-3H3. The Labute approximate surface area is 118 Å². The van der Waals surface area contributed by atoms with E-state index in [1.54, 1.807) is 0 Å². The van der Waals surface area contributed by atoms with Gasteiger partial charge in [0.25, 0.3) is 0 Å². The number of benzene rings is 1. The quantitative estimate of drug-likeness (QED) is 0.711. The fourth-order valence-electron chi connectivity index (χ4n) is 2.21. The van der Waals surface area contributed by atoms with Gasteiger partial charge in [-0.15, -0.1) is 0 Å². The van der Waals surface area contributed by atoms with E-state index in [1.165, 1.54) is 0 Å². The molecular weight excluding hydrogens is 248 g/mol. The van der Waals surface area contributed by atoms with Crippen LogP contribution in [0.15, 0.2) is 42.6 Å². The first-order chi connectivity index (χ1) is 9.65. The number of aromatic nitrogens is 3. The van der Waals surface area contributed by atoms with Gasteiger partial charge in [-0.1, -0.05) is 12.1 Å². The van der Waals surface area contributed by atoms with E-state index < -0.39 is 0 Å². The second-order valence-corrected chi connectivity index (χ2v) is 4.83. The van der Waals surface area contributed by atoms with Gasteiger partial charge in [-0.3, -0.25) is 4.98 Å². The van der Waals surface area contributed by atoms with Crippen LogP contribution < -0.4 is 4.90 Å². The zero-order valence-electron chi connectivity index (χ0n) is 11.8. The zero-order valence-corrected chi connectivity index (χ0v) is 11.8. The third-order valence-electron chi connectivity index (χ3n) is 3.30. The van der Waals surface area contributed by atoms with Crippen molar-refractivity contribution in [3.05, 3.63) is 54.1 Å². The average Bonchev–Trinajstić information content (AvgIpc) is 2.46. The fraction of sp³-hybridized carbons (Fsp3) is 0.188. The summed E-state index contributed by atoms with van der Waals surface area (Å²) in [5.74, 6) is 1.67. The first-order valence-electron chi connectivity index (χ1n) is 6.55. The van der Waals surface area contributed by atoms with Crippen molar-refractivity contribution in [1.29, 1.82) is 0 Å². The number of hydrogen-bond acceptors (Lipinski definition) is 4. The van der Waals surface area contributed by atoms with Crippen LogP contribution in [-0.4, -0.2) is 22.0 Å². The van der Waals surface area contributed by atoms with Crippen LogP contribution in [0.5, 0.6) is 0 Å². The number of para-hydroxylation sites is 1. The van der Waals surface area contributed by atoms with Crippen molar-refractivity contribution in [2.24, 2.45) is 0 Å². The van der Waals surface area contributed by atoms with Crippen molar-refractivity contribution in [2.45, 2.75) is 13.8 Å². The number of aryl methyl sites for hydroxylation is 2. The minimum atomic E-state index is 0.769. The molecule has 100 valence electrons. The molecule has 1 aromatic carbocycles. The van der Waals surface area contributed by atoms with Crippen molar-refractivity contribution in [3.63, 3.8) is 0 Å². The van der Waals surface area contributed by atoms with E-state index in [-0.39, 0.29) is 0 Å². The Morgan fingerprint density at radius 1 is 0.950 bits per heavy atom. The van der Waals surface area contributed by atoms with Gasteiger partial charge >= 0.3 is 0 Å². The van der Waals surface area contributed by atoms with Crippen molar-refractivity contribution in [2.75, 3.05) is 11.9 Å². The molecule has 0 amide bonds. The highest BCUT2D eigenvalue weighted by molar-refractivity contribution is 5.91. The summed E-state index contributed by atoms with van der Waals surface area (Å²) in [6, 6.07) is 12.1. The highest BCUT2D eigenvalue weighted by Gasteiger charge is 2.11. The first kappa shape index (κ1) is 12.5. The molecule has 4 heteroatoms. The lowest BCUT2D eigenvalue weighted by atomic mass is 10.2. The van der Waals surface area contributed by atoms with Crippen molar-refractivity contribution in [3.8, 4) is 0 Å². The van der Waals surface area contributed by atoms with Crippen LogP contribution in [-0.2, 0) is 0 Å². The minimum Gasteiger partial charge on any atom is -0.328 e. The molecular formula is C16H16N4. The van der Waals surface area contributed by atoms with Crippen LogP contribution in [0.1, 0.15) is 11.5 Å². The SMILES string of the molecule is Cc1ccc(N(C)c2nc(C)nc3ccccc23)cn1. The van der Waals surface area contributed by atoms with Crippen LogP contribution in [0.2, 0.25) is 0 Å². The minimum absolute atomic E-state index is 0.769. The van der Waals surface area contributed by atoms with Gasteiger partial charge in [0.15, 0.2) is 0 Å². The van der Waals surface area contributed by atoms with Crippen LogP contribution >= 0.6 is 0 Å². The summed E-state index contributed by atoms with van der Waals surface area (Å²) < 4.78 is 0. The van der Waals surface area contributed by atoms with Gasteiger partial charge in [-0.2, -0.15) is 0 Å². The topological polar surface area (TPSA) is 41.9 Å². The summed E-state index contributed by atoms with van der Waals surface area (Å²) in [7, 11) is 2.00. The van der Waals surface area contributed by atoms with Gasteiger partial charge < -0.3 is 4.90 Å². The molecule has 0 radical (unpaired) electrons. The number of hydrogen-bond donors (Lipinski definition) is 0. The highest BCUT2D eigenvalue weighted by Crippen LogP contribution is 2.28. The average molecular weight is 264 g/mol. The van der Waals surface area contributed by atoms with Gasteiger partial charge in [0, 0.05) is 18.1 Å². The highest BCUT2D eigenvalue weighted by atomic mass is 15.2. The summed E-state index contributed by atoms with van der Waals surface area (Å²) in [6.45, 7) is 3.89. The molecule has 0 atom stereocenters. The summed E-state index contributed by atoms with van der Waals surface area (Å²) in [5, 5.41) is 1.04. The summed E-state index contributed by atoms with van der Waals surface area (Å²) in [6.07, 6.45) is 1.86. The van der Waals surface area contributed by atoms with E-state index in [9.17, 15) is 0 Å². The molecule has 2 heterocycles. The maximum absolute atomic E-state index is 4.59. The Kier molecular flexibility index (Phi) is 3.06. The van der Waals surface area contributed by atoms with Gasteiger partial charge in [0.2, 0.25) is 0 Å². The van der Waals surface area contributed by atoms with Crippen LogP contribution in [0, 0.1) is 13.8 Å². The molecule has 0 N–H and O–H groups in total. The van der Waals surface area contributed by atoms with Gasteiger partial charge in [0.05, 0.1) is 17.4 Å². The molecule has 0 aliphatic carbocycles. The van der Waals surface area contributed by atoms with Crippen molar-refractivity contribution in [1.82, 2.24) is 15.0 Å². The van der Waals surface area contributed by atoms with E-state index in [0.717, 1.165) is 33.9 Å². The fourth-order valence-corrected chi connectivity index (χ4v) is 2.21. The monoisotopic (exact) mass is 264 g/mol. The van der Waals surface area contributed by atoms with E-state index in [2.05, 4.69) is 21.0 Å². The largest absolute Gasteiger partial charge is 0.328 e. The number of fused-ring (bicyclic) bond motifs is 1. The maximum atomic E-state index is 4.59. The van der Waals surface area contributed by atoms with Crippen molar-refractivity contribution < 1.29 is 0 Å². The Hall–Kier alpha value is -2.49. The predicted octanol–water partition coefficient (Wildman–Crippen LogP) is 3.41. The third kappa shape index (κ3) is 2.20. The normalized spacial score (nSPS) is 10.8. The summed E-state index contributed by atoms with van der Waals surface area (Å²) in [5.41, 5.74) is 2.98. The number of rotatable bonds is 2. The Morgan fingerprint density at radius 2 is 1.75 bits per heavy atom. The van der Waals surface area contributed by atoms with Crippen LogP contribution in [0.4, 0.5) is 11.5 Å². The zero-order chi connectivity index (χ0) is 14.1. The molecule has 4 nitrogen and oxygen atoms in total. The smallest absolute Gasteiger partial charge is 0.144 e. The summed E-state index contributed by atoms with van der Waals surface area (Å²) in [4.78, 5) is 15.4. The second kappa shape index (κ2) is 4.89. The maximum Gasteiger partial charge on any atom is 0.144 e. The van der Waals surface area contributed by atoms with E-state index >= 15 is 0 Å².